The van der Waals surface area contributed by atoms with Crippen molar-refractivity contribution in [1.29, 1.82) is 10.5 Å². The second-order valence-corrected chi connectivity index (χ2v) is 3.37. The third-order valence-electron chi connectivity index (χ3n) is 0.772. The van der Waals surface area contributed by atoms with Gasteiger partial charge in [0.05, 0.1) is 22.6 Å². The number of thioether (sulfide) groups is 1. The van der Waals surface area contributed by atoms with E-state index in [9.17, 15) is 0 Å². The maximum Gasteiger partial charge on any atom is 0.0901 e. The third kappa shape index (κ3) is 3.88. The lowest BCUT2D eigenvalue weighted by Gasteiger charge is -2.01. The van der Waals surface area contributed by atoms with Crippen molar-refractivity contribution in [2.45, 2.75) is 24.3 Å². The van der Waals surface area contributed by atoms with Gasteiger partial charge in [-0.05, 0) is 13.8 Å². The molecule has 2 nitrogen and oxygen atoms in total. The summed E-state index contributed by atoms with van der Waals surface area (Å²) in [5, 5.41) is 16.5. The highest BCUT2D eigenvalue weighted by molar-refractivity contribution is 8.00. The Hall–Kier alpha value is -0.670. The Bertz CT molecular complexity index is 135. The molecule has 48 valence electrons. The van der Waals surface area contributed by atoms with Crippen LogP contribution in [0.4, 0.5) is 0 Å². The molecule has 0 amide bonds. The summed E-state index contributed by atoms with van der Waals surface area (Å²) in [5.74, 6) is 0. The molecule has 0 saturated heterocycles. The number of nitrogens with zero attached hydrogens (tertiary/aromatic N) is 2. The molecule has 0 heterocycles. The minimum Gasteiger partial charge on any atom is -0.197 e. The maximum absolute atomic E-state index is 8.30. The second-order valence-electron chi connectivity index (χ2n) is 1.68. The van der Waals surface area contributed by atoms with E-state index in [0.717, 1.165) is 0 Å². The topological polar surface area (TPSA) is 47.6 Å². The molecule has 0 aromatic heterocycles. The molecular formula is C6H8N2S. The molecule has 9 heavy (non-hydrogen) atoms. The quantitative estimate of drug-likeness (QED) is 0.584. The zero-order valence-electron chi connectivity index (χ0n) is 5.46. The summed E-state index contributed by atoms with van der Waals surface area (Å²) in [5.41, 5.74) is 0. The minimum absolute atomic E-state index is 0.0698. The summed E-state index contributed by atoms with van der Waals surface area (Å²) in [7, 11) is 0. The monoisotopic (exact) mass is 140 g/mol. The van der Waals surface area contributed by atoms with Crippen molar-refractivity contribution in [2.75, 3.05) is 0 Å². The van der Waals surface area contributed by atoms with Crippen LogP contribution in [0.3, 0.4) is 0 Å². The van der Waals surface area contributed by atoms with E-state index in [2.05, 4.69) is 0 Å². The second kappa shape index (κ2) is 4.23. The Balaban J connectivity index is 3.53. The highest BCUT2D eigenvalue weighted by Crippen LogP contribution is 2.14. The molecule has 2 unspecified atom stereocenters. The Kier molecular flexibility index (Phi) is 3.92. The van der Waals surface area contributed by atoms with E-state index in [4.69, 9.17) is 10.5 Å². The standard InChI is InChI=1S/C6H8N2S/c1-5(3-7)9-6(2)4-8/h5-6H,1-2H3. The van der Waals surface area contributed by atoms with Crippen molar-refractivity contribution in [2.24, 2.45) is 0 Å². The van der Waals surface area contributed by atoms with Crippen LogP contribution in [0, 0.1) is 22.7 Å². The first kappa shape index (κ1) is 8.33. The van der Waals surface area contributed by atoms with Crippen LogP contribution in [0.1, 0.15) is 13.8 Å². The molecule has 2 atom stereocenters. The number of hydrogen-bond acceptors (Lipinski definition) is 3. The van der Waals surface area contributed by atoms with Gasteiger partial charge >= 0.3 is 0 Å². The van der Waals surface area contributed by atoms with Gasteiger partial charge in [0, 0.05) is 0 Å². The van der Waals surface area contributed by atoms with Gasteiger partial charge < -0.3 is 0 Å². The molecule has 3 heteroatoms. The van der Waals surface area contributed by atoms with Gasteiger partial charge in [0.25, 0.3) is 0 Å². The maximum atomic E-state index is 8.30. The Morgan fingerprint density at radius 1 is 1.11 bits per heavy atom. The molecule has 0 aliphatic carbocycles. The predicted molar refractivity (Wildman–Crippen MR) is 37.7 cm³/mol. The van der Waals surface area contributed by atoms with Gasteiger partial charge in [-0.15, -0.1) is 11.8 Å². The lowest BCUT2D eigenvalue weighted by molar-refractivity contribution is 1.18. The minimum atomic E-state index is -0.0698. The molecule has 0 aromatic rings. The molecule has 0 rings (SSSR count). The molecule has 0 radical (unpaired) electrons. The highest BCUT2D eigenvalue weighted by atomic mass is 32.2. The van der Waals surface area contributed by atoms with Gasteiger partial charge in [-0.3, -0.25) is 0 Å². The molecule has 0 aliphatic heterocycles. The number of rotatable bonds is 2. The van der Waals surface area contributed by atoms with Gasteiger partial charge in [-0.25, -0.2) is 0 Å². The fraction of sp³-hybridized carbons (Fsp3) is 0.667. The lowest BCUT2D eigenvalue weighted by Crippen LogP contribution is -1.98. The van der Waals surface area contributed by atoms with E-state index in [0.29, 0.717) is 0 Å². The molecule has 0 bridgehead atoms. The molecule has 0 aliphatic rings. The van der Waals surface area contributed by atoms with Crippen molar-refractivity contribution in [3.05, 3.63) is 0 Å². The molecule has 0 spiro atoms. The van der Waals surface area contributed by atoms with Crippen LogP contribution in [0.25, 0.3) is 0 Å². The Labute approximate surface area is 59.5 Å². The highest BCUT2D eigenvalue weighted by Gasteiger charge is 2.05. The van der Waals surface area contributed by atoms with E-state index < -0.39 is 0 Å². The van der Waals surface area contributed by atoms with Crippen LogP contribution in [0.2, 0.25) is 0 Å². The van der Waals surface area contributed by atoms with Crippen LogP contribution in [-0.4, -0.2) is 10.5 Å². The third-order valence-corrected chi connectivity index (χ3v) is 1.80. The van der Waals surface area contributed by atoms with Crippen LogP contribution in [-0.2, 0) is 0 Å². The van der Waals surface area contributed by atoms with Crippen molar-refractivity contribution in [1.82, 2.24) is 0 Å². The van der Waals surface area contributed by atoms with Gasteiger partial charge in [0.15, 0.2) is 0 Å². The van der Waals surface area contributed by atoms with Crippen LogP contribution in [0.15, 0.2) is 0 Å². The SMILES string of the molecule is CC(C#N)SC(C)C#N. The van der Waals surface area contributed by atoms with E-state index in [1.165, 1.54) is 11.8 Å². The average Bonchev–Trinajstić information content (AvgIpc) is 1.87. The summed E-state index contributed by atoms with van der Waals surface area (Å²) < 4.78 is 0. The van der Waals surface area contributed by atoms with Crippen LogP contribution >= 0.6 is 11.8 Å². The Morgan fingerprint density at radius 2 is 1.44 bits per heavy atom. The average molecular weight is 140 g/mol. The summed E-state index contributed by atoms with van der Waals surface area (Å²) in [4.78, 5) is 0. The molecule has 0 N–H and O–H groups in total. The van der Waals surface area contributed by atoms with Crippen molar-refractivity contribution in [3.63, 3.8) is 0 Å². The molecule has 0 fully saturated rings. The fourth-order valence-corrected chi connectivity index (χ4v) is 1.10. The summed E-state index contributed by atoms with van der Waals surface area (Å²) in [6, 6.07) is 4.08. The first-order valence-corrected chi connectivity index (χ1v) is 3.59. The van der Waals surface area contributed by atoms with Gasteiger partial charge in [0.1, 0.15) is 0 Å². The van der Waals surface area contributed by atoms with Crippen molar-refractivity contribution in [3.8, 4) is 12.1 Å². The summed E-state index contributed by atoms with van der Waals surface area (Å²) in [6.07, 6.45) is 0. The lowest BCUT2D eigenvalue weighted by atomic mass is 10.5. The first-order chi connectivity index (χ1) is 4.20. The number of nitriles is 2. The predicted octanol–water partition coefficient (Wildman–Crippen LogP) is 1.54. The Morgan fingerprint density at radius 3 is 1.67 bits per heavy atom. The van der Waals surface area contributed by atoms with Crippen LogP contribution in [0.5, 0.6) is 0 Å². The van der Waals surface area contributed by atoms with Crippen molar-refractivity contribution < 1.29 is 0 Å². The largest absolute Gasteiger partial charge is 0.197 e. The first-order valence-electron chi connectivity index (χ1n) is 2.65. The van der Waals surface area contributed by atoms with E-state index in [1.54, 1.807) is 13.8 Å². The summed E-state index contributed by atoms with van der Waals surface area (Å²) >= 11 is 1.38. The molecular weight excluding hydrogens is 132 g/mol. The number of hydrogen-bond donors (Lipinski definition) is 0. The summed E-state index contributed by atoms with van der Waals surface area (Å²) in [6.45, 7) is 3.58. The van der Waals surface area contributed by atoms with Gasteiger partial charge in [-0.2, -0.15) is 10.5 Å². The smallest absolute Gasteiger partial charge is 0.0901 e. The van der Waals surface area contributed by atoms with Crippen LogP contribution < -0.4 is 0 Å². The fourth-order valence-electron chi connectivity index (χ4n) is 0.367. The van der Waals surface area contributed by atoms with E-state index >= 15 is 0 Å². The molecule has 0 aromatic carbocycles. The zero-order chi connectivity index (χ0) is 7.28. The zero-order valence-corrected chi connectivity index (χ0v) is 6.27. The van der Waals surface area contributed by atoms with E-state index in [1.807, 2.05) is 12.1 Å². The normalized spacial score (nSPS) is 15.1. The van der Waals surface area contributed by atoms with Crippen molar-refractivity contribution >= 4 is 11.8 Å². The van der Waals surface area contributed by atoms with Gasteiger partial charge in [0.2, 0.25) is 0 Å². The van der Waals surface area contributed by atoms with Gasteiger partial charge in [-0.1, -0.05) is 0 Å². The van der Waals surface area contributed by atoms with E-state index in [-0.39, 0.29) is 10.5 Å². The molecule has 0 saturated carbocycles.